The van der Waals surface area contributed by atoms with Crippen molar-refractivity contribution in [3.8, 4) is 17.1 Å². The van der Waals surface area contributed by atoms with Gasteiger partial charge >= 0.3 is 0 Å². The van der Waals surface area contributed by atoms with Crippen molar-refractivity contribution in [2.45, 2.75) is 34.3 Å². The summed E-state index contributed by atoms with van der Waals surface area (Å²) in [6, 6.07) is 12.2. The SMILES string of the molecule is Cc1ccc(-c2noc(COc3cc(C)cc(C)c3C)n2)cc1. The summed E-state index contributed by atoms with van der Waals surface area (Å²) in [5.41, 5.74) is 5.66. The Morgan fingerprint density at radius 1 is 0.957 bits per heavy atom. The molecule has 0 saturated carbocycles. The molecule has 118 valence electrons. The van der Waals surface area contributed by atoms with Crippen LogP contribution < -0.4 is 4.74 Å². The van der Waals surface area contributed by atoms with Crippen molar-refractivity contribution in [2.24, 2.45) is 0 Å². The second-order valence-electron chi connectivity index (χ2n) is 5.87. The van der Waals surface area contributed by atoms with E-state index in [1.165, 1.54) is 16.7 Å². The van der Waals surface area contributed by atoms with Gasteiger partial charge in [0.2, 0.25) is 5.82 Å². The molecule has 0 spiro atoms. The zero-order valence-electron chi connectivity index (χ0n) is 13.9. The van der Waals surface area contributed by atoms with E-state index in [0.717, 1.165) is 16.9 Å². The van der Waals surface area contributed by atoms with E-state index in [2.05, 4.69) is 37.0 Å². The molecule has 3 aromatic rings. The number of hydrogen-bond donors (Lipinski definition) is 0. The highest BCUT2D eigenvalue weighted by Gasteiger charge is 2.10. The van der Waals surface area contributed by atoms with Gasteiger partial charge in [0, 0.05) is 5.56 Å². The Balaban J connectivity index is 1.74. The first-order valence-electron chi connectivity index (χ1n) is 7.63. The molecule has 4 heteroatoms. The molecule has 0 N–H and O–H groups in total. The second kappa shape index (κ2) is 6.24. The van der Waals surface area contributed by atoms with Crippen molar-refractivity contribution in [3.63, 3.8) is 0 Å². The van der Waals surface area contributed by atoms with Gasteiger partial charge in [0.15, 0.2) is 6.61 Å². The molecule has 0 aliphatic heterocycles. The average Bonchev–Trinajstić information content (AvgIpc) is 2.99. The lowest BCUT2D eigenvalue weighted by Gasteiger charge is -2.10. The molecule has 1 heterocycles. The molecule has 0 aliphatic carbocycles. The normalized spacial score (nSPS) is 10.8. The van der Waals surface area contributed by atoms with E-state index in [9.17, 15) is 0 Å². The summed E-state index contributed by atoms with van der Waals surface area (Å²) in [5, 5.41) is 4.02. The molecular formula is C19H20N2O2. The van der Waals surface area contributed by atoms with Gasteiger partial charge in [0.05, 0.1) is 0 Å². The summed E-state index contributed by atoms with van der Waals surface area (Å²) >= 11 is 0. The maximum Gasteiger partial charge on any atom is 0.264 e. The quantitative estimate of drug-likeness (QED) is 0.709. The van der Waals surface area contributed by atoms with Crippen molar-refractivity contribution in [2.75, 3.05) is 0 Å². The molecule has 0 aliphatic rings. The summed E-state index contributed by atoms with van der Waals surface area (Å²) in [6.45, 7) is 8.50. The van der Waals surface area contributed by atoms with Gasteiger partial charge in [-0.1, -0.05) is 41.1 Å². The Labute approximate surface area is 136 Å². The number of rotatable bonds is 4. The first-order valence-corrected chi connectivity index (χ1v) is 7.63. The number of benzene rings is 2. The van der Waals surface area contributed by atoms with Crippen LogP contribution in [0.25, 0.3) is 11.4 Å². The minimum Gasteiger partial charge on any atom is -0.483 e. The van der Waals surface area contributed by atoms with Gasteiger partial charge in [0.25, 0.3) is 5.89 Å². The number of aryl methyl sites for hydroxylation is 3. The molecule has 4 nitrogen and oxygen atoms in total. The third kappa shape index (κ3) is 3.42. The highest BCUT2D eigenvalue weighted by molar-refractivity contribution is 5.54. The first-order chi connectivity index (χ1) is 11.0. The van der Waals surface area contributed by atoms with Crippen LogP contribution in [0, 0.1) is 27.7 Å². The summed E-state index contributed by atoms with van der Waals surface area (Å²) in [7, 11) is 0. The van der Waals surface area contributed by atoms with E-state index in [1.807, 2.05) is 37.3 Å². The predicted octanol–water partition coefficient (Wildman–Crippen LogP) is 4.55. The zero-order chi connectivity index (χ0) is 16.4. The monoisotopic (exact) mass is 308 g/mol. The molecule has 0 amide bonds. The Morgan fingerprint density at radius 2 is 1.70 bits per heavy atom. The summed E-state index contributed by atoms with van der Waals surface area (Å²) in [6.07, 6.45) is 0. The minimum absolute atomic E-state index is 0.266. The van der Waals surface area contributed by atoms with Gasteiger partial charge in [-0.2, -0.15) is 4.98 Å². The van der Waals surface area contributed by atoms with Crippen molar-refractivity contribution >= 4 is 0 Å². The van der Waals surface area contributed by atoms with Crippen LogP contribution in [0.2, 0.25) is 0 Å². The number of ether oxygens (including phenoxy) is 1. The van der Waals surface area contributed by atoms with Crippen molar-refractivity contribution < 1.29 is 9.26 Å². The Bertz CT molecular complexity index is 820. The van der Waals surface area contributed by atoms with Gasteiger partial charge in [0.1, 0.15) is 5.75 Å². The van der Waals surface area contributed by atoms with Crippen LogP contribution in [0.15, 0.2) is 40.9 Å². The molecule has 3 rings (SSSR count). The Morgan fingerprint density at radius 3 is 2.43 bits per heavy atom. The fraction of sp³-hybridized carbons (Fsp3) is 0.263. The molecule has 0 bridgehead atoms. The molecule has 0 saturated heterocycles. The number of hydrogen-bond acceptors (Lipinski definition) is 4. The van der Waals surface area contributed by atoms with E-state index in [1.54, 1.807) is 0 Å². The molecule has 23 heavy (non-hydrogen) atoms. The van der Waals surface area contributed by atoms with Crippen LogP contribution in [0.4, 0.5) is 0 Å². The zero-order valence-corrected chi connectivity index (χ0v) is 13.9. The minimum atomic E-state index is 0.266. The van der Waals surface area contributed by atoms with Crippen LogP contribution >= 0.6 is 0 Å². The molecule has 0 unspecified atom stereocenters. The summed E-state index contributed by atoms with van der Waals surface area (Å²) in [5.74, 6) is 1.91. The van der Waals surface area contributed by atoms with Gasteiger partial charge in [-0.05, 0) is 50.5 Å². The predicted molar refractivity (Wildman–Crippen MR) is 89.5 cm³/mol. The maximum absolute atomic E-state index is 5.86. The lowest BCUT2D eigenvalue weighted by molar-refractivity contribution is 0.241. The largest absolute Gasteiger partial charge is 0.483 e. The van der Waals surface area contributed by atoms with Gasteiger partial charge in [-0.3, -0.25) is 0 Å². The molecular weight excluding hydrogens is 288 g/mol. The lowest BCUT2D eigenvalue weighted by Crippen LogP contribution is -1.99. The second-order valence-corrected chi connectivity index (χ2v) is 5.87. The highest BCUT2D eigenvalue weighted by atomic mass is 16.5. The molecule has 0 fully saturated rings. The smallest absolute Gasteiger partial charge is 0.264 e. The number of nitrogens with zero attached hydrogens (tertiary/aromatic N) is 2. The summed E-state index contributed by atoms with van der Waals surface area (Å²) < 4.78 is 11.1. The third-order valence-electron chi connectivity index (χ3n) is 3.89. The third-order valence-corrected chi connectivity index (χ3v) is 3.89. The van der Waals surface area contributed by atoms with Crippen molar-refractivity contribution in [3.05, 3.63) is 64.5 Å². The van der Waals surface area contributed by atoms with Gasteiger partial charge < -0.3 is 9.26 Å². The highest BCUT2D eigenvalue weighted by Crippen LogP contribution is 2.24. The van der Waals surface area contributed by atoms with Crippen LogP contribution in [0.3, 0.4) is 0 Å². The Kier molecular flexibility index (Phi) is 4.15. The van der Waals surface area contributed by atoms with Crippen molar-refractivity contribution in [1.82, 2.24) is 10.1 Å². The molecule has 1 aromatic heterocycles. The first kappa shape index (κ1) is 15.3. The number of aromatic nitrogens is 2. The average molecular weight is 308 g/mol. The fourth-order valence-corrected chi connectivity index (χ4v) is 2.42. The lowest BCUT2D eigenvalue weighted by atomic mass is 10.1. The molecule has 0 atom stereocenters. The van der Waals surface area contributed by atoms with Crippen molar-refractivity contribution in [1.29, 1.82) is 0 Å². The standard InChI is InChI=1S/C19H20N2O2/c1-12-5-7-16(8-6-12)19-20-18(23-21-19)11-22-17-10-13(2)9-14(3)15(17)4/h5-10H,11H2,1-4H3. The van der Waals surface area contributed by atoms with Crippen LogP contribution in [0.1, 0.15) is 28.1 Å². The van der Waals surface area contributed by atoms with E-state index < -0.39 is 0 Å². The van der Waals surface area contributed by atoms with Crippen LogP contribution in [-0.4, -0.2) is 10.1 Å². The van der Waals surface area contributed by atoms with Crippen LogP contribution in [-0.2, 0) is 6.61 Å². The molecule has 0 radical (unpaired) electrons. The van der Waals surface area contributed by atoms with Gasteiger partial charge in [-0.15, -0.1) is 0 Å². The van der Waals surface area contributed by atoms with Crippen LogP contribution in [0.5, 0.6) is 5.75 Å². The van der Waals surface area contributed by atoms with E-state index in [-0.39, 0.29) is 6.61 Å². The van der Waals surface area contributed by atoms with E-state index in [4.69, 9.17) is 9.26 Å². The topological polar surface area (TPSA) is 48.2 Å². The van der Waals surface area contributed by atoms with E-state index in [0.29, 0.717) is 11.7 Å². The van der Waals surface area contributed by atoms with E-state index >= 15 is 0 Å². The summed E-state index contributed by atoms with van der Waals surface area (Å²) in [4.78, 5) is 4.40. The Hall–Kier alpha value is -2.62. The fourth-order valence-electron chi connectivity index (χ4n) is 2.42. The molecule has 2 aromatic carbocycles. The van der Waals surface area contributed by atoms with Gasteiger partial charge in [-0.25, -0.2) is 0 Å². The maximum atomic E-state index is 5.86.